The van der Waals surface area contributed by atoms with Gasteiger partial charge >= 0.3 is 0 Å². The van der Waals surface area contributed by atoms with Crippen molar-refractivity contribution in [3.63, 3.8) is 0 Å². The Kier molecular flexibility index (Phi) is 5.23. The third-order valence-corrected chi connectivity index (χ3v) is 5.54. The molecule has 2 heterocycles. The number of anilines is 1. The molecule has 4 rings (SSSR count). The SMILES string of the molecule is COc1ccccc1C[C@@H](N)CNc1nnc(-c2ccc3n[nH]c(C)c3c2)s1. The molecular weight excluding hydrogens is 372 g/mol. The normalized spacial score (nSPS) is 12.2. The summed E-state index contributed by atoms with van der Waals surface area (Å²) in [5.41, 5.74) is 10.4. The molecule has 28 heavy (non-hydrogen) atoms. The highest BCUT2D eigenvalue weighted by atomic mass is 32.1. The van der Waals surface area contributed by atoms with Crippen LogP contribution in [-0.4, -0.2) is 40.1 Å². The largest absolute Gasteiger partial charge is 0.496 e. The zero-order chi connectivity index (χ0) is 19.5. The maximum atomic E-state index is 6.29. The van der Waals surface area contributed by atoms with E-state index in [9.17, 15) is 0 Å². The van der Waals surface area contributed by atoms with E-state index in [0.717, 1.165) is 50.0 Å². The zero-order valence-corrected chi connectivity index (χ0v) is 16.6. The summed E-state index contributed by atoms with van der Waals surface area (Å²) in [7, 11) is 1.67. The molecule has 0 fully saturated rings. The second kappa shape index (κ2) is 7.95. The molecular formula is C20H22N6OS. The first-order valence-electron chi connectivity index (χ1n) is 9.04. The van der Waals surface area contributed by atoms with E-state index in [1.807, 2.05) is 43.3 Å². The first kappa shape index (κ1) is 18.4. The maximum absolute atomic E-state index is 6.29. The molecule has 0 spiro atoms. The predicted molar refractivity (Wildman–Crippen MR) is 113 cm³/mol. The van der Waals surface area contributed by atoms with Crippen LogP contribution in [-0.2, 0) is 6.42 Å². The van der Waals surface area contributed by atoms with Crippen molar-refractivity contribution in [2.45, 2.75) is 19.4 Å². The summed E-state index contributed by atoms with van der Waals surface area (Å²) in [6.07, 6.45) is 0.721. The molecule has 0 unspecified atom stereocenters. The minimum absolute atomic E-state index is 0.0615. The van der Waals surface area contributed by atoms with E-state index in [1.54, 1.807) is 7.11 Å². The Labute approximate surface area is 167 Å². The van der Waals surface area contributed by atoms with Gasteiger partial charge in [0.2, 0.25) is 5.13 Å². The molecule has 0 aliphatic heterocycles. The minimum Gasteiger partial charge on any atom is -0.496 e. The monoisotopic (exact) mass is 394 g/mol. The summed E-state index contributed by atoms with van der Waals surface area (Å²) < 4.78 is 5.39. The number of methoxy groups -OCH3 is 1. The van der Waals surface area contributed by atoms with E-state index >= 15 is 0 Å². The summed E-state index contributed by atoms with van der Waals surface area (Å²) in [6.45, 7) is 2.61. The molecule has 1 atom stereocenters. The van der Waals surface area contributed by atoms with Crippen LogP contribution in [0.25, 0.3) is 21.5 Å². The van der Waals surface area contributed by atoms with Crippen LogP contribution in [0.1, 0.15) is 11.3 Å². The number of aromatic nitrogens is 4. The Morgan fingerprint density at radius 2 is 2.07 bits per heavy atom. The molecule has 0 amide bonds. The van der Waals surface area contributed by atoms with Crippen molar-refractivity contribution in [1.29, 1.82) is 0 Å². The number of hydrogen-bond acceptors (Lipinski definition) is 7. The fraction of sp³-hybridized carbons (Fsp3) is 0.250. The molecule has 144 valence electrons. The first-order chi connectivity index (χ1) is 13.6. The number of nitrogens with one attached hydrogen (secondary N) is 2. The molecule has 2 aromatic heterocycles. The fourth-order valence-corrected chi connectivity index (χ4v) is 3.87. The quantitative estimate of drug-likeness (QED) is 0.444. The van der Waals surface area contributed by atoms with Crippen molar-refractivity contribution in [3.8, 4) is 16.3 Å². The predicted octanol–water partition coefficient (Wildman–Crippen LogP) is 3.38. The number of rotatable bonds is 7. The van der Waals surface area contributed by atoms with Gasteiger partial charge in [-0.15, -0.1) is 10.2 Å². The number of aryl methyl sites for hydroxylation is 1. The van der Waals surface area contributed by atoms with Gasteiger partial charge in [0.05, 0.1) is 12.6 Å². The number of H-pyrrole nitrogens is 1. The lowest BCUT2D eigenvalue weighted by Crippen LogP contribution is -2.31. The summed E-state index contributed by atoms with van der Waals surface area (Å²) in [4.78, 5) is 0. The topological polar surface area (TPSA) is 102 Å². The number of para-hydroxylation sites is 1. The van der Waals surface area contributed by atoms with Crippen LogP contribution in [0.2, 0.25) is 0 Å². The summed E-state index contributed by atoms with van der Waals surface area (Å²) in [6, 6.07) is 14.0. The number of nitrogens with zero attached hydrogens (tertiary/aromatic N) is 3. The number of fused-ring (bicyclic) bond motifs is 1. The second-order valence-corrected chi connectivity index (χ2v) is 7.63. The molecule has 4 aromatic rings. The van der Waals surface area contributed by atoms with Gasteiger partial charge in [-0.05, 0) is 43.2 Å². The van der Waals surface area contributed by atoms with Crippen molar-refractivity contribution in [3.05, 3.63) is 53.7 Å². The van der Waals surface area contributed by atoms with Crippen molar-refractivity contribution in [1.82, 2.24) is 20.4 Å². The summed E-state index contributed by atoms with van der Waals surface area (Å²) in [5, 5.41) is 21.8. The van der Waals surface area contributed by atoms with Crippen molar-refractivity contribution >= 4 is 27.4 Å². The van der Waals surface area contributed by atoms with Gasteiger partial charge in [-0.3, -0.25) is 5.10 Å². The third kappa shape index (κ3) is 3.83. The van der Waals surface area contributed by atoms with Gasteiger partial charge in [0.25, 0.3) is 0 Å². The van der Waals surface area contributed by atoms with E-state index in [4.69, 9.17) is 10.5 Å². The van der Waals surface area contributed by atoms with Gasteiger partial charge in [0, 0.05) is 29.2 Å². The second-order valence-electron chi connectivity index (χ2n) is 6.65. The lowest BCUT2D eigenvalue weighted by Gasteiger charge is -2.14. The third-order valence-electron chi connectivity index (χ3n) is 4.61. The van der Waals surface area contributed by atoms with Crippen LogP contribution >= 0.6 is 11.3 Å². The van der Waals surface area contributed by atoms with Crippen molar-refractivity contribution < 1.29 is 4.74 Å². The lowest BCUT2D eigenvalue weighted by atomic mass is 10.1. The molecule has 0 aliphatic rings. The van der Waals surface area contributed by atoms with Crippen molar-refractivity contribution in [2.75, 3.05) is 19.0 Å². The molecule has 0 saturated carbocycles. The molecule has 4 N–H and O–H groups in total. The minimum atomic E-state index is -0.0615. The molecule has 0 radical (unpaired) electrons. The molecule has 7 nitrogen and oxygen atoms in total. The van der Waals surface area contributed by atoms with Gasteiger partial charge < -0.3 is 15.8 Å². The van der Waals surface area contributed by atoms with Gasteiger partial charge in [0.15, 0.2) is 0 Å². The van der Waals surface area contributed by atoms with Gasteiger partial charge in [-0.1, -0.05) is 29.5 Å². The van der Waals surface area contributed by atoms with E-state index in [0.29, 0.717) is 6.54 Å². The molecule has 0 saturated heterocycles. The first-order valence-corrected chi connectivity index (χ1v) is 9.85. The Hall–Kier alpha value is -2.97. The molecule has 2 aromatic carbocycles. The average molecular weight is 395 g/mol. The number of hydrogen-bond donors (Lipinski definition) is 3. The Morgan fingerprint density at radius 3 is 2.93 bits per heavy atom. The summed E-state index contributed by atoms with van der Waals surface area (Å²) in [5.74, 6) is 0.862. The van der Waals surface area contributed by atoms with Gasteiger partial charge in [0.1, 0.15) is 10.8 Å². The lowest BCUT2D eigenvalue weighted by molar-refractivity contribution is 0.408. The van der Waals surface area contributed by atoms with E-state index in [1.165, 1.54) is 11.3 Å². The van der Waals surface area contributed by atoms with Gasteiger partial charge in [-0.25, -0.2) is 0 Å². The fourth-order valence-electron chi connectivity index (χ4n) is 3.13. The maximum Gasteiger partial charge on any atom is 0.206 e. The van der Waals surface area contributed by atoms with E-state index in [2.05, 4.69) is 31.8 Å². The number of nitrogens with two attached hydrogens (primary N) is 1. The number of aromatic amines is 1. The van der Waals surface area contributed by atoms with Crippen LogP contribution in [0, 0.1) is 6.92 Å². The molecule has 0 bridgehead atoms. The molecule has 0 aliphatic carbocycles. The van der Waals surface area contributed by atoms with E-state index in [-0.39, 0.29) is 6.04 Å². The zero-order valence-electron chi connectivity index (χ0n) is 15.8. The Bertz CT molecular complexity index is 1090. The number of ether oxygens (including phenoxy) is 1. The Morgan fingerprint density at radius 1 is 1.21 bits per heavy atom. The van der Waals surface area contributed by atoms with Crippen LogP contribution in [0.15, 0.2) is 42.5 Å². The summed E-state index contributed by atoms with van der Waals surface area (Å²) >= 11 is 1.51. The van der Waals surface area contributed by atoms with Gasteiger partial charge in [-0.2, -0.15) is 5.10 Å². The average Bonchev–Trinajstić information content (AvgIpc) is 3.34. The highest BCUT2D eigenvalue weighted by molar-refractivity contribution is 7.18. The van der Waals surface area contributed by atoms with Crippen LogP contribution in [0.3, 0.4) is 0 Å². The van der Waals surface area contributed by atoms with Crippen LogP contribution in [0.4, 0.5) is 5.13 Å². The molecule has 8 heteroatoms. The smallest absolute Gasteiger partial charge is 0.206 e. The van der Waals surface area contributed by atoms with E-state index < -0.39 is 0 Å². The van der Waals surface area contributed by atoms with Crippen molar-refractivity contribution in [2.24, 2.45) is 5.73 Å². The van der Waals surface area contributed by atoms with Crippen LogP contribution in [0.5, 0.6) is 5.75 Å². The standard InChI is InChI=1S/C20H22N6OS/c1-12-16-10-14(7-8-17(16)24-23-12)19-25-26-20(28-19)22-11-15(21)9-13-5-3-4-6-18(13)27-2/h3-8,10,15H,9,11,21H2,1-2H3,(H,22,26)(H,23,24)/t15-/m1/s1. The highest BCUT2D eigenvalue weighted by Crippen LogP contribution is 2.29. The Balaban J connectivity index is 1.41. The highest BCUT2D eigenvalue weighted by Gasteiger charge is 2.12. The number of benzene rings is 2. The van der Waals surface area contributed by atoms with Crippen LogP contribution < -0.4 is 15.8 Å².